The smallest absolute Gasteiger partial charge is 0.337 e. The lowest BCUT2D eigenvalue weighted by molar-refractivity contribution is -0.138. The second-order valence-electron chi connectivity index (χ2n) is 2.03. The van der Waals surface area contributed by atoms with Gasteiger partial charge in [0, 0.05) is 0 Å². The van der Waals surface area contributed by atoms with E-state index in [-0.39, 0.29) is 12.2 Å². The molecular weight excluding hydrogens is 159 g/mol. The van der Waals surface area contributed by atoms with Crippen molar-refractivity contribution >= 4 is 5.97 Å². The first kappa shape index (κ1) is 10.6. The van der Waals surface area contributed by atoms with E-state index in [9.17, 15) is 9.18 Å². The number of carbonyl (C=O) groups excluding carboxylic acids is 1. The van der Waals surface area contributed by atoms with Gasteiger partial charge in [0.15, 0.2) is 0 Å². The molecule has 0 atom stereocenters. The van der Waals surface area contributed by atoms with Gasteiger partial charge in [0.25, 0.3) is 0 Å². The lowest BCUT2D eigenvalue weighted by Crippen LogP contribution is -2.04. The van der Waals surface area contributed by atoms with Crippen molar-refractivity contribution < 1.29 is 13.9 Å². The molecule has 3 heteroatoms. The van der Waals surface area contributed by atoms with Crippen molar-refractivity contribution in [2.45, 2.75) is 6.92 Å². The average Bonchev–Trinajstić information content (AvgIpc) is 2.00. The van der Waals surface area contributed by atoms with Crippen LogP contribution < -0.4 is 0 Å². The van der Waals surface area contributed by atoms with Gasteiger partial charge >= 0.3 is 5.97 Å². The molecular formula is C9H11FO2. The second-order valence-corrected chi connectivity index (χ2v) is 2.03. The highest BCUT2D eigenvalue weighted by Crippen LogP contribution is 2.00. The summed E-state index contributed by atoms with van der Waals surface area (Å²) in [6, 6.07) is 0. The van der Waals surface area contributed by atoms with Gasteiger partial charge in [-0.15, -0.1) is 0 Å². The Bertz CT molecular complexity index is 229. The molecule has 0 bridgehead atoms. The molecule has 66 valence electrons. The van der Waals surface area contributed by atoms with E-state index in [1.165, 1.54) is 6.08 Å². The molecule has 12 heavy (non-hydrogen) atoms. The Morgan fingerprint density at radius 2 is 2.08 bits per heavy atom. The lowest BCUT2D eigenvalue weighted by atomic mass is 10.3. The summed E-state index contributed by atoms with van der Waals surface area (Å²) in [7, 11) is 0. The van der Waals surface area contributed by atoms with Gasteiger partial charge in [-0.25, -0.2) is 9.18 Å². The molecule has 0 aliphatic heterocycles. The van der Waals surface area contributed by atoms with E-state index >= 15 is 0 Å². The minimum Gasteiger partial charge on any atom is -0.462 e. The zero-order valence-electron chi connectivity index (χ0n) is 6.97. The molecule has 0 rings (SSSR count). The highest BCUT2D eigenvalue weighted by molar-refractivity contribution is 5.90. The summed E-state index contributed by atoms with van der Waals surface area (Å²) in [4.78, 5) is 10.8. The molecule has 0 unspecified atom stereocenters. The van der Waals surface area contributed by atoms with Gasteiger partial charge in [0.05, 0.1) is 12.2 Å². The van der Waals surface area contributed by atoms with Gasteiger partial charge in [-0.1, -0.05) is 13.2 Å². The van der Waals surface area contributed by atoms with Crippen molar-refractivity contribution in [3.63, 3.8) is 0 Å². The molecule has 0 aromatic rings. The van der Waals surface area contributed by atoms with Crippen LogP contribution >= 0.6 is 0 Å². The van der Waals surface area contributed by atoms with Crippen LogP contribution in [-0.2, 0) is 9.53 Å². The highest BCUT2D eigenvalue weighted by Gasteiger charge is 2.02. The molecule has 0 N–H and O–H groups in total. The van der Waals surface area contributed by atoms with E-state index in [4.69, 9.17) is 0 Å². The third-order valence-electron chi connectivity index (χ3n) is 1.00. The van der Waals surface area contributed by atoms with Gasteiger partial charge in [-0.3, -0.25) is 0 Å². The van der Waals surface area contributed by atoms with Crippen molar-refractivity contribution in [1.29, 1.82) is 0 Å². The van der Waals surface area contributed by atoms with Crippen LogP contribution in [0.1, 0.15) is 6.92 Å². The number of carbonyl (C=O) groups is 1. The molecule has 0 radical (unpaired) electrons. The van der Waals surface area contributed by atoms with Gasteiger partial charge < -0.3 is 4.74 Å². The summed E-state index contributed by atoms with van der Waals surface area (Å²) < 4.78 is 16.6. The van der Waals surface area contributed by atoms with Crippen LogP contribution in [0.4, 0.5) is 4.39 Å². The van der Waals surface area contributed by atoms with Crippen LogP contribution in [0.25, 0.3) is 0 Å². The topological polar surface area (TPSA) is 26.3 Å². The fourth-order valence-corrected chi connectivity index (χ4v) is 0.483. The van der Waals surface area contributed by atoms with Crippen molar-refractivity contribution in [2.24, 2.45) is 0 Å². The average molecular weight is 170 g/mol. The van der Waals surface area contributed by atoms with Gasteiger partial charge in [0.1, 0.15) is 5.83 Å². The summed E-state index contributed by atoms with van der Waals surface area (Å²) in [6.07, 6.45) is 2.28. The van der Waals surface area contributed by atoms with E-state index < -0.39 is 11.8 Å². The second kappa shape index (κ2) is 5.29. The maximum Gasteiger partial charge on any atom is 0.337 e. The van der Waals surface area contributed by atoms with Crippen molar-refractivity contribution in [3.8, 4) is 0 Å². The monoisotopic (exact) mass is 170 g/mol. The molecule has 0 aromatic heterocycles. The molecule has 0 aliphatic carbocycles. The summed E-state index contributed by atoms with van der Waals surface area (Å²) in [5.41, 5.74) is 0.107. The minimum atomic E-state index is -0.625. The van der Waals surface area contributed by atoms with Gasteiger partial charge in [-0.2, -0.15) is 0 Å². The van der Waals surface area contributed by atoms with Gasteiger partial charge in [0.2, 0.25) is 0 Å². The Morgan fingerprint density at radius 1 is 1.50 bits per heavy atom. The predicted octanol–water partition coefficient (Wildman–Crippen LogP) is 2.15. The molecule has 0 spiro atoms. The van der Waals surface area contributed by atoms with Crippen LogP contribution in [0.15, 0.2) is 36.7 Å². The van der Waals surface area contributed by atoms with Crippen LogP contribution in [0.2, 0.25) is 0 Å². The number of halogens is 1. The fourth-order valence-electron chi connectivity index (χ4n) is 0.483. The maximum absolute atomic E-state index is 12.0. The van der Waals surface area contributed by atoms with Crippen LogP contribution in [0, 0.1) is 0 Å². The molecule has 0 amide bonds. The Labute approximate surface area is 71.0 Å². The fraction of sp³-hybridized carbons (Fsp3) is 0.222. The quantitative estimate of drug-likeness (QED) is 0.367. The minimum absolute atomic E-state index is 0.107. The zero-order chi connectivity index (χ0) is 9.56. The van der Waals surface area contributed by atoms with Crippen LogP contribution in [0.5, 0.6) is 0 Å². The summed E-state index contributed by atoms with van der Waals surface area (Å²) in [5, 5.41) is 0. The molecule has 2 nitrogen and oxygen atoms in total. The van der Waals surface area contributed by atoms with Crippen LogP contribution in [0.3, 0.4) is 0 Å². The van der Waals surface area contributed by atoms with E-state index in [1.54, 1.807) is 6.92 Å². The number of esters is 1. The van der Waals surface area contributed by atoms with Crippen molar-refractivity contribution in [3.05, 3.63) is 36.7 Å². The third kappa shape index (κ3) is 4.44. The first-order chi connectivity index (χ1) is 5.57. The van der Waals surface area contributed by atoms with E-state index in [0.29, 0.717) is 0 Å². The zero-order valence-corrected chi connectivity index (χ0v) is 6.97. The molecule has 0 fully saturated rings. The summed E-state index contributed by atoms with van der Waals surface area (Å²) in [5.74, 6) is -1.17. The normalized spacial score (nSPS) is 9.83. The molecule has 0 saturated heterocycles. The summed E-state index contributed by atoms with van der Waals surface area (Å²) >= 11 is 0. The Balaban J connectivity index is 4.04. The van der Waals surface area contributed by atoms with E-state index in [1.807, 2.05) is 0 Å². The number of ether oxygens (including phenoxy) is 1. The Hall–Kier alpha value is -1.38. The van der Waals surface area contributed by atoms with Gasteiger partial charge in [-0.05, 0) is 19.1 Å². The first-order valence-electron chi connectivity index (χ1n) is 3.46. The lowest BCUT2D eigenvalue weighted by Gasteiger charge is -1.98. The molecule has 0 aliphatic rings. The highest BCUT2D eigenvalue weighted by atomic mass is 19.1. The number of allylic oxidation sites excluding steroid dienone is 2. The van der Waals surface area contributed by atoms with E-state index in [0.717, 1.165) is 6.08 Å². The number of hydrogen-bond acceptors (Lipinski definition) is 2. The van der Waals surface area contributed by atoms with Crippen molar-refractivity contribution in [1.82, 2.24) is 0 Å². The molecule has 0 heterocycles. The largest absolute Gasteiger partial charge is 0.462 e. The standard InChI is InChI=1S/C9H11FO2/c1-4-12-9(11)7(2)5-6-8(3)10/h5-6H,2-4H2,1H3/b6-5-. The maximum atomic E-state index is 12.0. The predicted molar refractivity (Wildman–Crippen MR) is 45.2 cm³/mol. The SMILES string of the molecule is C=C(F)/C=C\C(=C)C(=O)OCC. The Kier molecular flexibility index (Phi) is 4.69. The third-order valence-corrected chi connectivity index (χ3v) is 1.00. The van der Waals surface area contributed by atoms with Crippen molar-refractivity contribution in [2.75, 3.05) is 6.61 Å². The Morgan fingerprint density at radius 3 is 2.50 bits per heavy atom. The first-order valence-corrected chi connectivity index (χ1v) is 3.46. The number of rotatable bonds is 4. The molecule has 0 aromatic carbocycles. The van der Waals surface area contributed by atoms with E-state index in [2.05, 4.69) is 17.9 Å². The van der Waals surface area contributed by atoms with Crippen LogP contribution in [-0.4, -0.2) is 12.6 Å². The molecule has 0 saturated carbocycles. The number of hydrogen-bond donors (Lipinski definition) is 0. The summed E-state index contributed by atoms with van der Waals surface area (Å²) in [6.45, 7) is 8.33.